The maximum atomic E-state index is 12.0. The van der Waals surface area contributed by atoms with Gasteiger partial charge < -0.3 is 10.1 Å². The molecule has 1 saturated carbocycles. The number of thiazole rings is 1. The number of aromatic nitrogens is 1. The second-order valence-corrected chi connectivity index (χ2v) is 7.84. The Morgan fingerprint density at radius 3 is 2.64 bits per heavy atom. The van der Waals surface area contributed by atoms with Crippen molar-refractivity contribution < 1.29 is 14.3 Å². The Morgan fingerprint density at radius 1 is 1.29 bits per heavy atom. The highest BCUT2D eigenvalue weighted by molar-refractivity contribution is 7.13. The predicted molar refractivity (Wildman–Crippen MR) is 107 cm³/mol. The molecule has 146 valence electrons. The van der Waals surface area contributed by atoms with E-state index in [2.05, 4.69) is 35.4 Å². The summed E-state index contributed by atoms with van der Waals surface area (Å²) in [6.45, 7) is 1.73. The quantitative estimate of drug-likeness (QED) is 0.723. The molecule has 1 N–H and O–H groups in total. The second-order valence-electron chi connectivity index (χ2n) is 6.98. The Balaban J connectivity index is 1.49. The average Bonchev–Trinajstić information content (AvgIpc) is 3.37. The topological polar surface area (TPSA) is 92.1 Å². The minimum absolute atomic E-state index is 0.0141. The molecule has 6 nitrogen and oxygen atoms in total. The van der Waals surface area contributed by atoms with Gasteiger partial charge in [0.2, 0.25) is 0 Å². The third-order valence-corrected chi connectivity index (χ3v) is 5.84. The molecule has 1 aromatic carbocycles. The predicted octanol–water partition coefficient (Wildman–Crippen LogP) is 3.41. The molecule has 0 atom stereocenters. The Bertz CT molecular complexity index is 877. The zero-order chi connectivity index (χ0) is 20.0. The normalized spacial score (nSPS) is 15.0. The molecule has 1 aromatic heterocycles. The van der Waals surface area contributed by atoms with Crippen molar-refractivity contribution in [1.29, 1.82) is 5.26 Å². The van der Waals surface area contributed by atoms with Crippen LogP contribution in [0.25, 0.3) is 10.6 Å². The lowest BCUT2D eigenvalue weighted by molar-refractivity contribution is -0.148. The first kappa shape index (κ1) is 20.0. The lowest BCUT2D eigenvalue weighted by Crippen LogP contribution is -2.46. The van der Waals surface area contributed by atoms with Crippen LogP contribution in [0.4, 0.5) is 0 Å². The SMILES string of the molecule is CCc1ccc(-c2nc(CC(=O)OCC(=O)NC3(C#N)CCCC3)cs2)cc1. The molecule has 2 aromatic rings. The highest BCUT2D eigenvalue weighted by Crippen LogP contribution is 2.28. The molecule has 1 amide bonds. The monoisotopic (exact) mass is 397 g/mol. The molecule has 0 spiro atoms. The largest absolute Gasteiger partial charge is 0.455 e. The van der Waals surface area contributed by atoms with E-state index >= 15 is 0 Å². The van der Waals surface area contributed by atoms with Crippen LogP contribution in [0.3, 0.4) is 0 Å². The van der Waals surface area contributed by atoms with E-state index in [4.69, 9.17) is 4.74 Å². The van der Waals surface area contributed by atoms with Crippen LogP contribution in [0.15, 0.2) is 29.6 Å². The van der Waals surface area contributed by atoms with E-state index in [1.807, 2.05) is 17.5 Å². The molecule has 3 rings (SSSR count). The van der Waals surface area contributed by atoms with E-state index in [0.717, 1.165) is 29.8 Å². The molecule has 1 aliphatic carbocycles. The number of benzene rings is 1. The van der Waals surface area contributed by atoms with E-state index in [9.17, 15) is 14.9 Å². The van der Waals surface area contributed by atoms with E-state index in [-0.39, 0.29) is 13.0 Å². The van der Waals surface area contributed by atoms with Crippen molar-refractivity contribution in [3.05, 3.63) is 40.9 Å². The molecule has 0 unspecified atom stereocenters. The minimum Gasteiger partial charge on any atom is -0.455 e. The second kappa shape index (κ2) is 8.98. The molecule has 0 aliphatic heterocycles. The Kier molecular flexibility index (Phi) is 6.42. The van der Waals surface area contributed by atoms with Gasteiger partial charge in [-0.05, 0) is 37.7 Å². The molecule has 0 radical (unpaired) electrons. The van der Waals surface area contributed by atoms with Crippen molar-refractivity contribution >= 4 is 23.2 Å². The van der Waals surface area contributed by atoms with Gasteiger partial charge >= 0.3 is 5.97 Å². The van der Waals surface area contributed by atoms with Crippen molar-refractivity contribution in [3.8, 4) is 16.6 Å². The number of carbonyl (C=O) groups excluding carboxylic acids is 2. The molecule has 1 fully saturated rings. The van der Waals surface area contributed by atoms with Gasteiger partial charge in [-0.15, -0.1) is 11.3 Å². The van der Waals surface area contributed by atoms with Crippen molar-refractivity contribution in [1.82, 2.24) is 10.3 Å². The molecule has 7 heteroatoms. The van der Waals surface area contributed by atoms with Crippen LogP contribution in [-0.2, 0) is 27.2 Å². The van der Waals surface area contributed by atoms with Crippen LogP contribution >= 0.6 is 11.3 Å². The maximum Gasteiger partial charge on any atom is 0.312 e. The fourth-order valence-electron chi connectivity index (χ4n) is 3.30. The standard InChI is InChI=1S/C21H23N3O3S/c1-2-15-5-7-16(8-6-15)20-23-17(13-28-20)11-19(26)27-12-18(25)24-21(14-22)9-3-4-10-21/h5-8,13H,2-4,9-12H2,1H3,(H,24,25). The highest BCUT2D eigenvalue weighted by Gasteiger charge is 2.35. The van der Waals surface area contributed by atoms with Gasteiger partial charge in [0.15, 0.2) is 6.61 Å². The number of nitriles is 1. The van der Waals surface area contributed by atoms with E-state index in [0.29, 0.717) is 18.5 Å². The first-order valence-electron chi connectivity index (χ1n) is 9.45. The first-order valence-corrected chi connectivity index (χ1v) is 10.3. The van der Waals surface area contributed by atoms with Gasteiger partial charge in [0.05, 0.1) is 18.2 Å². The lowest BCUT2D eigenvalue weighted by atomic mass is 10.00. The lowest BCUT2D eigenvalue weighted by Gasteiger charge is -2.21. The molecule has 0 bridgehead atoms. The van der Waals surface area contributed by atoms with Crippen LogP contribution in [-0.4, -0.2) is 29.0 Å². The highest BCUT2D eigenvalue weighted by atomic mass is 32.1. The summed E-state index contributed by atoms with van der Waals surface area (Å²) in [5.41, 5.74) is 2.09. The summed E-state index contributed by atoms with van der Waals surface area (Å²) < 4.78 is 5.06. The third-order valence-electron chi connectivity index (χ3n) is 4.90. The number of hydrogen-bond donors (Lipinski definition) is 1. The summed E-state index contributed by atoms with van der Waals surface area (Å²) in [6.07, 6.45) is 4.12. The number of ether oxygens (including phenoxy) is 1. The molecule has 1 aliphatic rings. The number of hydrogen-bond acceptors (Lipinski definition) is 6. The van der Waals surface area contributed by atoms with E-state index in [1.165, 1.54) is 16.9 Å². The van der Waals surface area contributed by atoms with Gasteiger partial charge in [-0.3, -0.25) is 9.59 Å². The first-order chi connectivity index (χ1) is 13.5. The summed E-state index contributed by atoms with van der Waals surface area (Å²) >= 11 is 1.47. The van der Waals surface area contributed by atoms with Gasteiger partial charge in [0.1, 0.15) is 10.5 Å². The van der Waals surface area contributed by atoms with E-state index < -0.39 is 17.4 Å². The van der Waals surface area contributed by atoms with Crippen LogP contribution in [0.2, 0.25) is 0 Å². The fourth-order valence-corrected chi connectivity index (χ4v) is 4.12. The minimum atomic E-state index is -0.805. The van der Waals surface area contributed by atoms with Gasteiger partial charge in [-0.2, -0.15) is 5.26 Å². The van der Waals surface area contributed by atoms with Crippen molar-refractivity contribution in [3.63, 3.8) is 0 Å². The molecule has 28 heavy (non-hydrogen) atoms. The summed E-state index contributed by atoms with van der Waals surface area (Å²) in [6, 6.07) is 10.4. The van der Waals surface area contributed by atoms with Gasteiger partial charge in [0, 0.05) is 10.9 Å². The Hall–Kier alpha value is -2.72. The van der Waals surface area contributed by atoms with Crippen LogP contribution in [0.5, 0.6) is 0 Å². The van der Waals surface area contributed by atoms with Crippen molar-refractivity contribution in [2.75, 3.05) is 6.61 Å². The van der Waals surface area contributed by atoms with Gasteiger partial charge in [-0.1, -0.05) is 31.2 Å². The number of nitrogens with one attached hydrogen (secondary N) is 1. The number of amides is 1. The number of esters is 1. The molecular weight excluding hydrogens is 374 g/mol. The number of nitrogens with zero attached hydrogens (tertiary/aromatic N) is 2. The number of rotatable bonds is 7. The summed E-state index contributed by atoms with van der Waals surface area (Å²) in [5.74, 6) is -0.947. The summed E-state index contributed by atoms with van der Waals surface area (Å²) in [7, 11) is 0. The van der Waals surface area contributed by atoms with Gasteiger partial charge in [0.25, 0.3) is 5.91 Å². The van der Waals surface area contributed by atoms with Gasteiger partial charge in [-0.25, -0.2) is 4.98 Å². The number of carbonyl (C=O) groups is 2. The zero-order valence-corrected chi connectivity index (χ0v) is 16.7. The van der Waals surface area contributed by atoms with E-state index in [1.54, 1.807) is 0 Å². The summed E-state index contributed by atoms with van der Waals surface area (Å²) in [4.78, 5) is 28.5. The maximum absolute atomic E-state index is 12.0. The van der Waals surface area contributed by atoms with Crippen LogP contribution in [0, 0.1) is 11.3 Å². The van der Waals surface area contributed by atoms with Crippen LogP contribution < -0.4 is 5.32 Å². The Labute approximate surface area is 168 Å². The fraction of sp³-hybridized carbons (Fsp3) is 0.429. The molecular formula is C21H23N3O3S. The third kappa shape index (κ3) is 4.96. The molecule has 0 saturated heterocycles. The van der Waals surface area contributed by atoms with Crippen molar-refractivity contribution in [2.45, 2.75) is 51.0 Å². The Morgan fingerprint density at radius 2 is 2.00 bits per heavy atom. The smallest absolute Gasteiger partial charge is 0.312 e. The zero-order valence-electron chi connectivity index (χ0n) is 15.9. The average molecular weight is 398 g/mol. The van der Waals surface area contributed by atoms with Crippen molar-refractivity contribution in [2.24, 2.45) is 0 Å². The number of aryl methyl sites for hydroxylation is 1. The summed E-state index contributed by atoms with van der Waals surface area (Å²) in [5, 5.41) is 14.7. The molecule has 1 heterocycles. The van der Waals surface area contributed by atoms with Crippen LogP contribution in [0.1, 0.15) is 43.9 Å².